The Morgan fingerprint density at radius 1 is 1.39 bits per heavy atom. The highest BCUT2D eigenvalue weighted by atomic mass is 16.5. The van der Waals surface area contributed by atoms with E-state index in [-0.39, 0.29) is 0 Å². The minimum atomic E-state index is 0.680. The molecule has 0 saturated carbocycles. The Kier molecular flexibility index (Phi) is 4.28. The van der Waals surface area contributed by atoms with Gasteiger partial charge in [-0.25, -0.2) is 0 Å². The van der Waals surface area contributed by atoms with Gasteiger partial charge in [-0.15, -0.1) is 0 Å². The third-order valence-corrected chi connectivity index (χ3v) is 4.38. The monoisotopic (exact) mass is 247 g/mol. The normalized spacial score (nSPS) is 25.1. The zero-order valence-corrected chi connectivity index (χ0v) is 12.1. The van der Waals surface area contributed by atoms with E-state index in [0.29, 0.717) is 12.0 Å². The van der Waals surface area contributed by atoms with Crippen LogP contribution in [0.15, 0.2) is 18.2 Å². The highest BCUT2D eigenvalue weighted by Crippen LogP contribution is 2.34. The average molecular weight is 247 g/mol. The summed E-state index contributed by atoms with van der Waals surface area (Å²) in [6.07, 6.45) is 3.64. The number of rotatable bonds is 3. The second-order valence-corrected chi connectivity index (χ2v) is 5.47. The number of hydrogen-bond acceptors (Lipinski definition) is 2. The van der Waals surface area contributed by atoms with Crippen LogP contribution < -0.4 is 4.74 Å². The Morgan fingerprint density at radius 3 is 2.78 bits per heavy atom. The zero-order valence-electron chi connectivity index (χ0n) is 12.1. The number of piperidine rings is 1. The van der Waals surface area contributed by atoms with Crippen LogP contribution in [0, 0.1) is 0 Å². The van der Waals surface area contributed by atoms with Crippen molar-refractivity contribution in [2.45, 2.75) is 45.1 Å². The van der Waals surface area contributed by atoms with Gasteiger partial charge >= 0.3 is 0 Å². The molecule has 0 N–H and O–H groups in total. The highest BCUT2D eigenvalue weighted by Gasteiger charge is 2.25. The van der Waals surface area contributed by atoms with E-state index >= 15 is 0 Å². The van der Waals surface area contributed by atoms with Gasteiger partial charge in [-0.05, 0) is 69.0 Å². The topological polar surface area (TPSA) is 12.5 Å². The summed E-state index contributed by atoms with van der Waals surface area (Å²) in [5.41, 5.74) is 2.99. The maximum Gasteiger partial charge on any atom is 0.119 e. The van der Waals surface area contributed by atoms with Crippen LogP contribution in [0.25, 0.3) is 0 Å². The van der Waals surface area contributed by atoms with Gasteiger partial charge in [-0.1, -0.05) is 13.0 Å². The number of ether oxygens (including phenoxy) is 1. The van der Waals surface area contributed by atoms with Crippen molar-refractivity contribution in [3.63, 3.8) is 0 Å². The van der Waals surface area contributed by atoms with Crippen LogP contribution in [-0.2, 0) is 6.42 Å². The molecule has 0 radical (unpaired) electrons. The zero-order chi connectivity index (χ0) is 13.1. The molecule has 100 valence electrons. The molecular weight excluding hydrogens is 222 g/mol. The summed E-state index contributed by atoms with van der Waals surface area (Å²) in [5.74, 6) is 1.69. The van der Waals surface area contributed by atoms with Gasteiger partial charge in [0.15, 0.2) is 0 Å². The standard InChI is InChI=1S/C16H25NO/c1-5-13-6-7-15(18-4)11-16(13)14-8-9-17(3)12(2)10-14/h6-7,11-12,14H,5,8-10H2,1-4H3/t12?,14-/m1/s1. The molecule has 2 rings (SSSR count). The van der Waals surface area contributed by atoms with Gasteiger partial charge in [0.25, 0.3) is 0 Å². The van der Waals surface area contributed by atoms with Crippen LogP contribution in [0.1, 0.15) is 43.7 Å². The fourth-order valence-electron chi connectivity index (χ4n) is 2.97. The van der Waals surface area contributed by atoms with Gasteiger partial charge in [-0.2, -0.15) is 0 Å². The van der Waals surface area contributed by atoms with Crippen molar-refractivity contribution >= 4 is 0 Å². The molecule has 0 amide bonds. The molecule has 0 spiro atoms. The summed E-state index contributed by atoms with van der Waals surface area (Å²) in [4.78, 5) is 2.46. The first-order valence-electron chi connectivity index (χ1n) is 7.02. The molecule has 18 heavy (non-hydrogen) atoms. The summed E-state index contributed by atoms with van der Waals surface area (Å²) in [6, 6.07) is 7.25. The van der Waals surface area contributed by atoms with Gasteiger partial charge < -0.3 is 9.64 Å². The molecular formula is C16H25NO. The number of methoxy groups -OCH3 is 1. The van der Waals surface area contributed by atoms with E-state index in [1.807, 2.05) is 0 Å². The van der Waals surface area contributed by atoms with Gasteiger partial charge in [0.1, 0.15) is 5.75 Å². The van der Waals surface area contributed by atoms with Crippen LogP contribution in [0.3, 0.4) is 0 Å². The SMILES string of the molecule is CCc1ccc(OC)cc1[C@@H]1CCN(C)C(C)C1. The largest absolute Gasteiger partial charge is 0.497 e. The molecule has 1 aromatic carbocycles. The van der Waals surface area contributed by atoms with Crippen molar-refractivity contribution in [3.05, 3.63) is 29.3 Å². The van der Waals surface area contributed by atoms with Crippen LogP contribution in [0.2, 0.25) is 0 Å². The van der Waals surface area contributed by atoms with Crippen molar-refractivity contribution < 1.29 is 4.74 Å². The van der Waals surface area contributed by atoms with E-state index in [2.05, 4.69) is 44.0 Å². The van der Waals surface area contributed by atoms with E-state index in [1.54, 1.807) is 7.11 Å². The summed E-state index contributed by atoms with van der Waals surface area (Å²) >= 11 is 0. The van der Waals surface area contributed by atoms with Gasteiger partial charge in [0.05, 0.1) is 7.11 Å². The predicted molar refractivity (Wildman–Crippen MR) is 76.4 cm³/mol. The molecule has 1 aliphatic heterocycles. The fraction of sp³-hybridized carbons (Fsp3) is 0.625. The third-order valence-electron chi connectivity index (χ3n) is 4.38. The molecule has 1 saturated heterocycles. The average Bonchev–Trinajstić information content (AvgIpc) is 2.41. The maximum absolute atomic E-state index is 5.38. The number of aryl methyl sites for hydroxylation is 1. The second-order valence-electron chi connectivity index (χ2n) is 5.47. The smallest absolute Gasteiger partial charge is 0.119 e. The minimum Gasteiger partial charge on any atom is -0.497 e. The van der Waals surface area contributed by atoms with Crippen LogP contribution in [0.5, 0.6) is 5.75 Å². The maximum atomic E-state index is 5.38. The Labute approximate surface area is 111 Å². The molecule has 1 aliphatic rings. The van der Waals surface area contributed by atoms with E-state index < -0.39 is 0 Å². The lowest BCUT2D eigenvalue weighted by atomic mass is 9.83. The predicted octanol–water partition coefficient (Wildman–Crippen LogP) is 3.46. The Morgan fingerprint density at radius 2 is 2.17 bits per heavy atom. The molecule has 1 unspecified atom stereocenters. The van der Waals surface area contributed by atoms with Crippen LogP contribution >= 0.6 is 0 Å². The van der Waals surface area contributed by atoms with Gasteiger partial charge in [-0.3, -0.25) is 0 Å². The third kappa shape index (κ3) is 2.69. The first-order valence-corrected chi connectivity index (χ1v) is 7.02. The molecule has 2 atom stereocenters. The molecule has 1 fully saturated rings. The molecule has 1 heterocycles. The van der Waals surface area contributed by atoms with E-state index in [1.165, 1.54) is 30.5 Å². The Balaban J connectivity index is 2.25. The van der Waals surface area contributed by atoms with E-state index in [9.17, 15) is 0 Å². The van der Waals surface area contributed by atoms with Crippen LogP contribution in [-0.4, -0.2) is 31.6 Å². The summed E-state index contributed by atoms with van der Waals surface area (Å²) < 4.78 is 5.38. The van der Waals surface area contributed by atoms with Crippen molar-refractivity contribution in [2.75, 3.05) is 20.7 Å². The van der Waals surface area contributed by atoms with E-state index in [4.69, 9.17) is 4.74 Å². The van der Waals surface area contributed by atoms with Gasteiger partial charge in [0, 0.05) is 6.04 Å². The molecule has 2 nitrogen and oxygen atoms in total. The molecule has 2 heteroatoms. The van der Waals surface area contributed by atoms with Crippen molar-refractivity contribution in [2.24, 2.45) is 0 Å². The summed E-state index contributed by atoms with van der Waals surface area (Å²) in [5, 5.41) is 0. The first-order chi connectivity index (χ1) is 8.65. The highest BCUT2D eigenvalue weighted by molar-refractivity contribution is 5.38. The molecule has 0 aromatic heterocycles. The lowest BCUT2D eigenvalue weighted by Crippen LogP contribution is -2.37. The summed E-state index contributed by atoms with van der Waals surface area (Å²) in [6.45, 7) is 5.77. The fourth-order valence-corrected chi connectivity index (χ4v) is 2.97. The first kappa shape index (κ1) is 13.4. The lowest BCUT2D eigenvalue weighted by Gasteiger charge is -2.36. The number of likely N-dealkylation sites (tertiary alicyclic amines) is 1. The summed E-state index contributed by atoms with van der Waals surface area (Å²) in [7, 11) is 3.98. The van der Waals surface area contributed by atoms with E-state index in [0.717, 1.165) is 12.2 Å². The van der Waals surface area contributed by atoms with Crippen LogP contribution in [0.4, 0.5) is 0 Å². The number of benzene rings is 1. The van der Waals surface area contributed by atoms with Crippen molar-refractivity contribution in [3.8, 4) is 5.75 Å². The van der Waals surface area contributed by atoms with Gasteiger partial charge in [0.2, 0.25) is 0 Å². The Hall–Kier alpha value is -1.02. The van der Waals surface area contributed by atoms with Crippen molar-refractivity contribution in [1.82, 2.24) is 4.90 Å². The molecule has 0 bridgehead atoms. The minimum absolute atomic E-state index is 0.680. The second kappa shape index (κ2) is 5.75. The molecule has 0 aliphatic carbocycles. The quantitative estimate of drug-likeness (QED) is 0.811. The number of nitrogens with zero attached hydrogens (tertiary/aromatic N) is 1. The Bertz CT molecular complexity index is 402. The van der Waals surface area contributed by atoms with Crippen molar-refractivity contribution in [1.29, 1.82) is 0 Å². The lowest BCUT2D eigenvalue weighted by molar-refractivity contribution is 0.182. The molecule has 1 aromatic rings. The number of hydrogen-bond donors (Lipinski definition) is 0.